The zero-order valence-corrected chi connectivity index (χ0v) is 35.4. The van der Waals surface area contributed by atoms with Crippen LogP contribution >= 0.6 is 0 Å². The van der Waals surface area contributed by atoms with Gasteiger partial charge in [0.2, 0.25) is 0 Å². The smallest absolute Gasteiger partial charge is 1.00 e. The molecule has 0 saturated carbocycles. The number of benzene rings is 8. The summed E-state index contributed by atoms with van der Waals surface area (Å²) in [7, 11) is 0. The quantitative estimate of drug-likeness (QED) is 0.102. The number of H-pyrrole nitrogens is 6. The first-order valence-corrected chi connectivity index (χ1v) is 18.8. The number of halogens is 2. The van der Waals surface area contributed by atoms with Crippen LogP contribution in [-0.4, -0.2) is 63.8 Å². The Balaban J connectivity index is 0.00000140. The van der Waals surface area contributed by atoms with Gasteiger partial charge in [0.25, 0.3) is 0 Å². The van der Waals surface area contributed by atoms with E-state index in [-0.39, 0.29) is 48.7 Å². The van der Waals surface area contributed by atoms with E-state index in [0.29, 0.717) is 0 Å². The first-order chi connectivity index (χ1) is 27.7. The fourth-order valence-corrected chi connectivity index (χ4v) is 8.81. The van der Waals surface area contributed by atoms with E-state index >= 15 is 0 Å². The van der Waals surface area contributed by atoms with Crippen molar-refractivity contribution in [3.63, 3.8) is 0 Å². The molecule has 280 valence electrons. The molecular weight excluding hydrogens is 878 g/mol. The number of aromatic amines is 6. The van der Waals surface area contributed by atoms with Gasteiger partial charge in [0, 0.05) is 43.1 Å². The van der Waals surface area contributed by atoms with Gasteiger partial charge in [-0.3, -0.25) is 0 Å². The molecule has 8 nitrogen and oxygen atoms in total. The molecule has 8 bridgehead atoms. The summed E-state index contributed by atoms with van der Waals surface area (Å²) in [6.45, 7) is 0. The Morgan fingerprint density at radius 2 is 0.458 bits per heavy atom. The van der Waals surface area contributed by atoms with Gasteiger partial charge in [-0.2, -0.15) is 0 Å². The second kappa shape index (κ2) is 13.8. The van der Waals surface area contributed by atoms with E-state index in [9.17, 15) is 0 Å². The van der Waals surface area contributed by atoms with Crippen LogP contribution in [0.4, 0.5) is 0 Å². The maximum absolute atomic E-state index is 5.40. The first kappa shape index (κ1) is 36.9. The van der Waals surface area contributed by atoms with Crippen LogP contribution in [0.3, 0.4) is 0 Å². The SMILES string of the molecule is [Cl-].[Cl-].[Sn+2].c1ccc2cc3c4nc5[nH]c([nH]c6[nH]c([nH]c7[nH]c(nc([nH]4)c3cc2c1)c1cc2ccccc2cc71)c1cc2ccccc2cc61)c1cc2ccccc2cc51. The molecule has 13 aromatic rings. The van der Waals surface area contributed by atoms with Gasteiger partial charge in [-0.15, -0.1) is 0 Å². The molecule has 5 aromatic heterocycles. The Hall–Kier alpha value is -6.46. The molecule has 11 heteroatoms. The molecule has 59 heavy (non-hydrogen) atoms. The van der Waals surface area contributed by atoms with E-state index in [2.05, 4.69) is 175 Å². The Labute approximate surface area is 363 Å². The normalized spacial score (nSPS) is 11.7. The van der Waals surface area contributed by atoms with Crippen LogP contribution in [-0.2, 0) is 0 Å². The number of hydrogen-bond acceptors (Lipinski definition) is 2. The predicted octanol–water partition coefficient (Wildman–Crippen LogP) is 6.16. The minimum absolute atomic E-state index is 0. The predicted molar refractivity (Wildman–Crippen MR) is 239 cm³/mol. The number of nitrogens with zero attached hydrogens (tertiary/aromatic N) is 2. The van der Waals surface area contributed by atoms with Crippen LogP contribution in [0.2, 0.25) is 0 Å². The van der Waals surface area contributed by atoms with Crippen LogP contribution < -0.4 is 24.8 Å². The van der Waals surface area contributed by atoms with Crippen molar-refractivity contribution in [2.24, 2.45) is 0 Å². The van der Waals surface area contributed by atoms with E-state index < -0.39 is 0 Å². The van der Waals surface area contributed by atoms with E-state index in [0.717, 1.165) is 131 Å². The number of fused-ring (bicyclic) bond motifs is 24. The number of aromatic nitrogens is 8. The molecule has 0 saturated heterocycles. The molecule has 0 atom stereocenters. The largest absolute Gasteiger partial charge is 2.00 e. The summed E-state index contributed by atoms with van der Waals surface area (Å²) in [6, 6.07) is 51.8. The molecule has 0 amide bonds. The van der Waals surface area contributed by atoms with Gasteiger partial charge in [-0.05, 0) is 91.6 Å². The molecule has 0 unspecified atom stereocenters. The van der Waals surface area contributed by atoms with Crippen molar-refractivity contribution in [2.45, 2.75) is 0 Å². The maximum Gasteiger partial charge on any atom is 2.00 e. The third-order valence-corrected chi connectivity index (χ3v) is 11.6. The Morgan fingerprint density at radius 3 is 0.746 bits per heavy atom. The number of hydrogen-bond donors (Lipinski definition) is 6. The first-order valence-electron chi connectivity index (χ1n) is 18.8. The van der Waals surface area contributed by atoms with Crippen molar-refractivity contribution >= 4 is 155 Å². The topological polar surface area (TPSA) is 121 Å². The standard InChI is InChI=1S/C48H30N8.2ClH.Sn/c1-2-10-26-18-34-33(17-25(26)9-1)41-49-42(34)54-44-37-21-29-13-5-6-14-30(29)22-38(37)46(51-44)56-48-40-24-32-16-8-7-15-31(32)23-39(40)47(52-48)55-45-36-20-28-12-4-3-11-27(28)19-35(36)43(50-45)53-41;;;/h1-24,49-51,53-54H,(H,52,55,56);2*1H;/q;;;+2/p-2. The van der Waals surface area contributed by atoms with E-state index in [1.165, 1.54) is 0 Å². The summed E-state index contributed by atoms with van der Waals surface area (Å²) in [5, 5.41) is 17.5. The Morgan fingerprint density at radius 1 is 0.254 bits per heavy atom. The van der Waals surface area contributed by atoms with Gasteiger partial charge in [0.15, 0.2) is 0 Å². The van der Waals surface area contributed by atoms with Crippen LogP contribution in [0, 0.1) is 0 Å². The Kier molecular flexibility index (Phi) is 8.64. The van der Waals surface area contributed by atoms with Crippen molar-refractivity contribution in [1.82, 2.24) is 39.9 Å². The number of nitrogens with one attached hydrogen (secondary N) is 6. The average Bonchev–Trinajstić information content (AvgIpc) is 3.95. The minimum atomic E-state index is 0. The zero-order chi connectivity index (χ0) is 36.5. The van der Waals surface area contributed by atoms with Crippen molar-refractivity contribution in [3.8, 4) is 0 Å². The Bertz CT molecular complexity index is 3220. The molecule has 13 rings (SSSR count). The van der Waals surface area contributed by atoms with Crippen molar-refractivity contribution in [3.05, 3.63) is 146 Å². The summed E-state index contributed by atoms with van der Waals surface area (Å²) < 4.78 is 0. The molecular formula is C48H30Cl2N8Sn. The molecule has 0 aliphatic carbocycles. The summed E-state index contributed by atoms with van der Waals surface area (Å²) in [6.07, 6.45) is 0. The molecule has 0 aliphatic heterocycles. The second-order valence-corrected chi connectivity index (χ2v) is 14.8. The monoisotopic (exact) mass is 908 g/mol. The van der Waals surface area contributed by atoms with E-state index in [4.69, 9.17) is 9.97 Å². The summed E-state index contributed by atoms with van der Waals surface area (Å²) in [5.74, 6) is 0. The van der Waals surface area contributed by atoms with Gasteiger partial charge >= 0.3 is 23.9 Å². The third kappa shape index (κ3) is 5.66. The summed E-state index contributed by atoms with van der Waals surface area (Å²) in [4.78, 5) is 33.3. The van der Waals surface area contributed by atoms with Gasteiger partial charge in [0.1, 0.15) is 45.2 Å². The van der Waals surface area contributed by atoms with Crippen LogP contribution in [0.25, 0.3) is 131 Å². The van der Waals surface area contributed by atoms with Crippen LogP contribution in [0.5, 0.6) is 0 Å². The fourth-order valence-electron chi connectivity index (χ4n) is 8.81. The summed E-state index contributed by atoms with van der Waals surface area (Å²) in [5.41, 5.74) is 6.41. The van der Waals surface area contributed by atoms with Crippen molar-refractivity contribution in [2.75, 3.05) is 0 Å². The third-order valence-electron chi connectivity index (χ3n) is 11.6. The van der Waals surface area contributed by atoms with Crippen molar-refractivity contribution in [1.29, 1.82) is 0 Å². The molecule has 5 heterocycles. The molecule has 6 N–H and O–H groups in total. The zero-order valence-electron chi connectivity index (χ0n) is 31.0. The van der Waals surface area contributed by atoms with Gasteiger partial charge in [-0.25, -0.2) is 9.97 Å². The van der Waals surface area contributed by atoms with Gasteiger partial charge in [0.05, 0.1) is 0 Å². The minimum Gasteiger partial charge on any atom is -1.00 e. The molecule has 0 fully saturated rings. The fraction of sp³-hybridized carbons (Fsp3) is 0. The molecule has 2 radical (unpaired) electrons. The van der Waals surface area contributed by atoms with E-state index in [1.807, 2.05) is 0 Å². The number of rotatable bonds is 0. The van der Waals surface area contributed by atoms with Gasteiger partial charge < -0.3 is 54.7 Å². The molecule has 0 aliphatic rings. The van der Waals surface area contributed by atoms with Gasteiger partial charge in [-0.1, -0.05) is 97.1 Å². The molecule has 0 spiro atoms. The molecule has 8 aromatic carbocycles. The van der Waals surface area contributed by atoms with Crippen molar-refractivity contribution < 1.29 is 24.8 Å². The average molecular weight is 908 g/mol. The van der Waals surface area contributed by atoms with E-state index in [1.54, 1.807) is 0 Å². The van der Waals surface area contributed by atoms with Crippen LogP contribution in [0.1, 0.15) is 0 Å². The second-order valence-electron chi connectivity index (χ2n) is 14.8. The van der Waals surface area contributed by atoms with Crippen LogP contribution in [0.15, 0.2) is 146 Å². The summed E-state index contributed by atoms with van der Waals surface area (Å²) >= 11 is 0. The maximum atomic E-state index is 5.40.